The van der Waals surface area contributed by atoms with E-state index in [0.29, 0.717) is 18.3 Å². The number of hydrogen-bond acceptors (Lipinski definition) is 5. The van der Waals surface area contributed by atoms with Crippen molar-refractivity contribution in [3.05, 3.63) is 108 Å². The summed E-state index contributed by atoms with van der Waals surface area (Å²) < 4.78 is 11.6. The normalized spacial score (nSPS) is 12.3. The van der Waals surface area contributed by atoms with Crippen LogP contribution in [0.1, 0.15) is 23.3 Å². The molecule has 0 aliphatic rings. The van der Waals surface area contributed by atoms with E-state index < -0.39 is 0 Å². The molecule has 1 N–H and O–H groups in total. The second-order valence-electron chi connectivity index (χ2n) is 6.79. The van der Waals surface area contributed by atoms with Gasteiger partial charge < -0.3 is 8.94 Å². The molecule has 5 rings (SSSR count). The van der Waals surface area contributed by atoms with E-state index in [1.54, 1.807) is 0 Å². The van der Waals surface area contributed by atoms with Gasteiger partial charge >= 0.3 is 0 Å². The van der Waals surface area contributed by atoms with Gasteiger partial charge in [0, 0.05) is 10.9 Å². The third kappa shape index (κ3) is 3.68. The molecule has 2 heterocycles. The summed E-state index contributed by atoms with van der Waals surface area (Å²) in [6.07, 6.45) is 0. The van der Waals surface area contributed by atoms with Crippen molar-refractivity contribution in [2.75, 3.05) is 0 Å². The van der Waals surface area contributed by atoms with Crippen LogP contribution in [0.2, 0.25) is 0 Å². The molecule has 2 aromatic heterocycles. The van der Waals surface area contributed by atoms with Crippen LogP contribution in [0.25, 0.3) is 22.4 Å². The number of nitrogens with one attached hydrogen (secondary N) is 1. The second kappa shape index (κ2) is 7.73. The Morgan fingerprint density at radius 3 is 2.34 bits per heavy atom. The molecule has 0 amide bonds. The van der Waals surface area contributed by atoms with Gasteiger partial charge in [-0.25, -0.2) is 0 Å². The van der Waals surface area contributed by atoms with Crippen molar-refractivity contribution in [3.8, 4) is 11.4 Å². The number of benzene rings is 3. The number of fused-ring (bicyclic) bond motifs is 1. The Morgan fingerprint density at radius 2 is 1.55 bits per heavy atom. The van der Waals surface area contributed by atoms with Crippen LogP contribution < -0.4 is 5.32 Å². The van der Waals surface area contributed by atoms with Crippen LogP contribution in [0, 0.1) is 0 Å². The summed E-state index contributed by atoms with van der Waals surface area (Å²) >= 11 is 0. The second-order valence-corrected chi connectivity index (χ2v) is 6.79. The van der Waals surface area contributed by atoms with Crippen LogP contribution in [0.4, 0.5) is 0 Å². The average Bonchev–Trinajstić information content (AvgIpc) is 3.42. The van der Waals surface area contributed by atoms with E-state index >= 15 is 0 Å². The molecule has 5 aromatic rings. The smallest absolute Gasteiger partial charge is 0.240 e. The minimum absolute atomic E-state index is 0.129. The van der Waals surface area contributed by atoms with Crippen molar-refractivity contribution in [2.45, 2.75) is 12.6 Å². The Kier molecular flexibility index (Phi) is 4.64. The van der Waals surface area contributed by atoms with Gasteiger partial charge in [0.1, 0.15) is 11.3 Å². The summed E-state index contributed by atoms with van der Waals surface area (Å²) in [6.45, 7) is 0.427. The summed E-state index contributed by atoms with van der Waals surface area (Å²) in [4.78, 5) is 4.51. The highest BCUT2D eigenvalue weighted by Gasteiger charge is 2.19. The van der Waals surface area contributed by atoms with Crippen molar-refractivity contribution in [2.24, 2.45) is 0 Å². The van der Waals surface area contributed by atoms with E-state index in [-0.39, 0.29) is 6.04 Å². The molecule has 0 fully saturated rings. The first-order valence-electron chi connectivity index (χ1n) is 9.51. The molecular weight excluding hydrogens is 362 g/mol. The SMILES string of the molecule is c1ccc(-c2noc(CN[C@@H](c3ccccc3)c3cc4ccccc4o3)n2)cc1. The number of aromatic nitrogens is 2. The lowest BCUT2D eigenvalue weighted by molar-refractivity contribution is 0.356. The fourth-order valence-corrected chi connectivity index (χ4v) is 3.39. The molecule has 0 aliphatic heterocycles. The summed E-state index contributed by atoms with van der Waals surface area (Å²) in [7, 11) is 0. The molecule has 0 saturated heterocycles. The van der Waals surface area contributed by atoms with Gasteiger partial charge in [-0.15, -0.1) is 0 Å². The van der Waals surface area contributed by atoms with Crippen molar-refractivity contribution >= 4 is 11.0 Å². The number of nitrogens with zero attached hydrogens (tertiary/aromatic N) is 2. The summed E-state index contributed by atoms with van der Waals surface area (Å²) in [6, 6.07) is 30.0. The van der Waals surface area contributed by atoms with E-state index in [9.17, 15) is 0 Å². The average molecular weight is 381 g/mol. The Morgan fingerprint density at radius 1 is 0.828 bits per heavy atom. The highest BCUT2D eigenvalue weighted by molar-refractivity contribution is 5.78. The molecule has 0 saturated carbocycles. The fraction of sp³-hybridized carbons (Fsp3) is 0.0833. The zero-order chi connectivity index (χ0) is 19.5. The molecule has 3 aromatic carbocycles. The van der Waals surface area contributed by atoms with Crippen LogP contribution >= 0.6 is 0 Å². The van der Waals surface area contributed by atoms with Crippen LogP contribution in [0.3, 0.4) is 0 Å². The quantitative estimate of drug-likeness (QED) is 0.429. The van der Waals surface area contributed by atoms with Crippen LogP contribution in [-0.4, -0.2) is 10.1 Å². The highest BCUT2D eigenvalue weighted by atomic mass is 16.5. The summed E-state index contributed by atoms with van der Waals surface area (Å²) in [5.74, 6) is 1.96. The molecule has 29 heavy (non-hydrogen) atoms. The number of rotatable bonds is 6. The zero-order valence-electron chi connectivity index (χ0n) is 15.7. The van der Waals surface area contributed by atoms with Gasteiger partial charge in [-0.2, -0.15) is 4.98 Å². The first-order valence-corrected chi connectivity index (χ1v) is 9.51. The predicted octanol–water partition coefficient (Wildman–Crippen LogP) is 5.36. The van der Waals surface area contributed by atoms with Crippen molar-refractivity contribution in [1.82, 2.24) is 15.5 Å². The minimum Gasteiger partial charge on any atom is -0.459 e. The maximum atomic E-state index is 6.12. The van der Waals surface area contributed by atoms with E-state index in [2.05, 4.69) is 39.7 Å². The van der Waals surface area contributed by atoms with E-state index in [1.165, 1.54) is 0 Å². The van der Waals surface area contributed by atoms with Gasteiger partial charge in [0.05, 0.1) is 12.6 Å². The molecule has 5 heteroatoms. The van der Waals surface area contributed by atoms with Crippen molar-refractivity contribution < 1.29 is 8.94 Å². The molecule has 0 bridgehead atoms. The molecule has 142 valence electrons. The molecule has 0 radical (unpaired) electrons. The maximum absolute atomic E-state index is 6.12. The minimum atomic E-state index is -0.129. The molecule has 0 spiro atoms. The first kappa shape index (κ1) is 17.4. The Labute approximate surface area is 168 Å². The summed E-state index contributed by atoms with van der Waals surface area (Å²) in [5, 5.41) is 8.68. The molecule has 1 atom stereocenters. The summed E-state index contributed by atoms with van der Waals surface area (Å²) in [5.41, 5.74) is 2.91. The van der Waals surface area contributed by atoms with Crippen LogP contribution in [0.5, 0.6) is 0 Å². The Bertz CT molecular complexity index is 1180. The third-order valence-corrected chi connectivity index (χ3v) is 4.82. The number of furan rings is 1. The van der Waals surface area contributed by atoms with Gasteiger partial charge in [0.25, 0.3) is 0 Å². The van der Waals surface area contributed by atoms with E-state index in [0.717, 1.165) is 27.9 Å². The van der Waals surface area contributed by atoms with Crippen LogP contribution in [-0.2, 0) is 6.54 Å². The molecule has 0 aliphatic carbocycles. The lowest BCUT2D eigenvalue weighted by Gasteiger charge is -2.15. The standard InChI is InChI=1S/C24H19N3O2/c1-3-9-17(10-4-1)23(21-15-19-13-7-8-14-20(19)28-21)25-16-22-26-24(27-29-22)18-11-5-2-6-12-18/h1-15,23,25H,16H2/t23-/m0/s1. The van der Waals surface area contributed by atoms with E-state index in [4.69, 9.17) is 8.94 Å². The Hall–Kier alpha value is -3.70. The van der Waals surface area contributed by atoms with Gasteiger partial charge in [0.2, 0.25) is 11.7 Å². The fourth-order valence-electron chi connectivity index (χ4n) is 3.39. The van der Waals surface area contributed by atoms with Crippen molar-refractivity contribution in [1.29, 1.82) is 0 Å². The topological polar surface area (TPSA) is 64.1 Å². The van der Waals surface area contributed by atoms with E-state index in [1.807, 2.05) is 66.7 Å². The molecule has 0 unspecified atom stereocenters. The monoisotopic (exact) mass is 381 g/mol. The van der Waals surface area contributed by atoms with Crippen LogP contribution in [0.15, 0.2) is 99.9 Å². The maximum Gasteiger partial charge on any atom is 0.240 e. The largest absolute Gasteiger partial charge is 0.459 e. The Balaban J connectivity index is 1.41. The van der Waals surface area contributed by atoms with Gasteiger partial charge in [-0.05, 0) is 17.7 Å². The van der Waals surface area contributed by atoms with Gasteiger partial charge in [-0.3, -0.25) is 5.32 Å². The third-order valence-electron chi connectivity index (χ3n) is 4.82. The molecule has 5 nitrogen and oxygen atoms in total. The first-order chi connectivity index (χ1) is 14.4. The number of hydrogen-bond donors (Lipinski definition) is 1. The number of para-hydroxylation sites is 1. The van der Waals surface area contributed by atoms with Gasteiger partial charge in [0.15, 0.2) is 0 Å². The van der Waals surface area contributed by atoms with Gasteiger partial charge in [-0.1, -0.05) is 84.0 Å². The lowest BCUT2D eigenvalue weighted by atomic mass is 10.0. The highest BCUT2D eigenvalue weighted by Crippen LogP contribution is 2.28. The van der Waals surface area contributed by atoms with Crippen molar-refractivity contribution in [3.63, 3.8) is 0 Å². The molecular formula is C24H19N3O2. The zero-order valence-corrected chi connectivity index (χ0v) is 15.7. The lowest BCUT2D eigenvalue weighted by Crippen LogP contribution is -2.21. The predicted molar refractivity (Wildman–Crippen MR) is 111 cm³/mol.